The number of hydrogen-bond acceptors (Lipinski definition) is 2. The average molecular weight is 391 g/mol. The van der Waals surface area contributed by atoms with Crippen LogP contribution in [0.5, 0.6) is 0 Å². The van der Waals surface area contributed by atoms with Crippen LogP contribution < -0.4 is 10.6 Å². The van der Waals surface area contributed by atoms with Gasteiger partial charge in [-0.1, -0.05) is 35.3 Å². The molecule has 4 nitrogen and oxygen atoms in total. The van der Waals surface area contributed by atoms with Crippen LogP contribution in [0.15, 0.2) is 36.4 Å². The fraction of sp³-hybridized carbons (Fsp3) is 0.300. The van der Waals surface area contributed by atoms with Gasteiger partial charge in [0.15, 0.2) is 0 Å². The molecule has 0 saturated heterocycles. The lowest BCUT2D eigenvalue weighted by molar-refractivity contribution is 0.0920. The Labute approximate surface area is 162 Å². The van der Waals surface area contributed by atoms with Crippen molar-refractivity contribution in [2.75, 3.05) is 0 Å². The highest BCUT2D eigenvalue weighted by molar-refractivity contribution is 6.34. The first-order valence-electron chi connectivity index (χ1n) is 8.52. The topological polar surface area (TPSA) is 58.2 Å². The Morgan fingerprint density at radius 3 is 2.27 bits per heavy atom. The summed E-state index contributed by atoms with van der Waals surface area (Å²) in [6, 6.07) is 11.4. The third-order valence-electron chi connectivity index (χ3n) is 4.45. The maximum absolute atomic E-state index is 11.5. The van der Waals surface area contributed by atoms with Crippen LogP contribution in [0.4, 0.5) is 0 Å². The van der Waals surface area contributed by atoms with Crippen LogP contribution in [0.25, 0.3) is 0 Å². The molecule has 2 N–H and O–H groups in total. The minimum Gasteiger partial charge on any atom is -0.349 e. The van der Waals surface area contributed by atoms with Crippen molar-refractivity contribution in [1.82, 2.24) is 10.6 Å². The molecular formula is C20H20Cl2N2O2. The van der Waals surface area contributed by atoms with Crippen molar-refractivity contribution in [3.8, 4) is 0 Å². The minimum absolute atomic E-state index is 0.00502. The van der Waals surface area contributed by atoms with Crippen LogP contribution in [0.1, 0.15) is 45.7 Å². The van der Waals surface area contributed by atoms with E-state index in [9.17, 15) is 9.59 Å². The highest BCUT2D eigenvalue weighted by atomic mass is 35.5. The Kier molecular flexibility index (Phi) is 5.54. The smallest absolute Gasteiger partial charge is 0.253 e. The standard InChI is InChI=1S/2C10H10ClNO/c1-6-4-7-5-8(11)2-3-9(7)10(13)12-6;1-6-5-7-3-2-4-8(11)9(7)10(13)12-6/h2-3,5-6H,4H2,1H3,(H,12,13);2-4,6H,5H2,1H3,(H,12,13). The number of carbonyl (C=O) groups is 2. The van der Waals surface area contributed by atoms with E-state index in [2.05, 4.69) is 10.6 Å². The number of halogens is 2. The molecule has 0 radical (unpaired) electrons. The molecule has 0 fully saturated rings. The molecule has 2 aromatic rings. The molecule has 0 spiro atoms. The van der Waals surface area contributed by atoms with Gasteiger partial charge in [0, 0.05) is 22.7 Å². The molecule has 136 valence electrons. The second-order valence-electron chi connectivity index (χ2n) is 6.73. The summed E-state index contributed by atoms with van der Waals surface area (Å²) in [4.78, 5) is 23.0. The second kappa shape index (κ2) is 7.68. The highest BCUT2D eigenvalue weighted by Crippen LogP contribution is 2.24. The first-order chi connectivity index (χ1) is 12.3. The van der Waals surface area contributed by atoms with Gasteiger partial charge in [0.05, 0.1) is 10.6 Å². The number of fused-ring (bicyclic) bond motifs is 2. The molecule has 2 atom stereocenters. The predicted octanol–water partition coefficient (Wildman–Crippen LogP) is 4.03. The fourth-order valence-corrected chi connectivity index (χ4v) is 3.78. The Morgan fingerprint density at radius 2 is 1.54 bits per heavy atom. The van der Waals surface area contributed by atoms with Gasteiger partial charge in [0.25, 0.3) is 11.8 Å². The van der Waals surface area contributed by atoms with Gasteiger partial charge in [0.2, 0.25) is 0 Å². The van der Waals surface area contributed by atoms with Crippen LogP contribution in [0.2, 0.25) is 10.0 Å². The number of hydrogen-bond donors (Lipinski definition) is 2. The van der Waals surface area contributed by atoms with Gasteiger partial charge in [-0.2, -0.15) is 0 Å². The SMILES string of the molecule is CC1Cc2cc(Cl)ccc2C(=O)N1.CC1Cc2cccc(Cl)c2C(=O)N1. The summed E-state index contributed by atoms with van der Waals surface area (Å²) >= 11 is 11.8. The maximum atomic E-state index is 11.5. The van der Waals surface area contributed by atoms with E-state index >= 15 is 0 Å². The van der Waals surface area contributed by atoms with Crippen molar-refractivity contribution < 1.29 is 9.59 Å². The quantitative estimate of drug-likeness (QED) is 0.713. The number of amides is 2. The number of carbonyl (C=O) groups excluding carboxylic acids is 2. The van der Waals surface area contributed by atoms with Gasteiger partial charge in [0.1, 0.15) is 0 Å². The molecule has 0 aliphatic carbocycles. The Morgan fingerprint density at radius 1 is 0.885 bits per heavy atom. The Bertz CT molecular complexity index is 863. The Hall–Kier alpha value is -2.04. The van der Waals surface area contributed by atoms with E-state index in [1.165, 1.54) is 0 Å². The van der Waals surface area contributed by atoms with E-state index in [0.717, 1.165) is 29.5 Å². The third-order valence-corrected chi connectivity index (χ3v) is 5.00. The molecule has 6 heteroatoms. The monoisotopic (exact) mass is 390 g/mol. The van der Waals surface area contributed by atoms with Crippen molar-refractivity contribution in [2.24, 2.45) is 0 Å². The van der Waals surface area contributed by atoms with Crippen LogP contribution in [0, 0.1) is 0 Å². The summed E-state index contributed by atoms with van der Waals surface area (Å²) in [5.41, 5.74) is 3.48. The molecule has 2 aromatic carbocycles. The van der Waals surface area contributed by atoms with Crippen LogP contribution in [-0.4, -0.2) is 23.9 Å². The number of nitrogens with one attached hydrogen (secondary N) is 2. The van der Waals surface area contributed by atoms with E-state index < -0.39 is 0 Å². The molecule has 2 amide bonds. The van der Waals surface area contributed by atoms with Gasteiger partial charge >= 0.3 is 0 Å². The molecule has 2 heterocycles. The van der Waals surface area contributed by atoms with Crippen LogP contribution in [0.3, 0.4) is 0 Å². The van der Waals surface area contributed by atoms with Crippen molar-refractivity contribution in [3.05, 3.63) is 68.7 Å². The van der Waals surface area contributed by atoms with Crippen molar-refractivity contribution in [2.45, 2.75) is 38.8 Å². The van der Waals surface area contributed by atoms with Crippen molar-refractivity contribution >= 4 is 35.0 Å². The minimum atomic E-state index is -0.0562. The molecule has 2 unspecified atom stereocenters. The first-order valence-corrected chi connectivity index (χ1v) is 9.28. The zero-order valence-corrected chi connectivity index (χ0v) is 16.1. The van der Waals surface area contributed by atoms with E-state index in [1.54, 1.807) is 18.2 Å². The third kappa shape index (κ3) is 4.02. The van der Waals surface area contributed by atoms with E-state index in [1.807, 2.05) is 32.0 Å². The molecule has 0 bridgehead atoms. The van der Waals surface area contributed by atoms with Gasteiger partial charge in [-0.15, -0.1) is 0 Å². The maximum Gasteiger partial charge on any atom is 0.253 e. The second-order valence-corrected chi connectivity index (χ2v) is 7.58. The van der Waals surface area contributed by atoms with E-state index in [-0.39, 0.29) is 23.9 Å². The molecule has 0 aromatic heterocycles. The normalized spacial score (nSPS) is 20.8. The molecule has 2 aliphatic rings. The summed E-state index contributed by atoms with van der Waals surface area (Å²) in [7, 11) is 0. The van der Waals surface area contributed by atoms with Gasteiger partial charge in [-0.05, 0) is 62.1 Å². The average Bonchev–Trinajstić information content (AvgIpc) is 2.54. The van der Waals surface area contributed by atoms with Gasteiger partial charge < -0.3 is 10.6 Å². The predicted molar refractivity (Wildman–Crippen MR) is 104 cm³/mol. The first kappa shape index (κ1) is 18.7. The zero-order valence-electron chi connectivity index (χ0n) is 14.6. The van der Waals surface area contributed by atoms with Crippen molar-refractivity contribution in [1.29, 1.82) is 0 Å². The van der Waals surface area contributed by atoms with Gasteiger partial charge in [-0.3, -0.25) is 9.59 Å². The largest absolute Gasteiger partial charge is 0.349 e. The summed E-state index contributed by atoms with van der Waals surface area (Å²) in [5, 5.41) is 6.96. The molecule has 2 aliphatic heterocycles. The van der Waals surface area contributed by atoms with Crippen molar-refractivity contribution in [3.63, 3.8) is 0 Å². The van der Waals surface area contributed by atoms with Gasteiger partial charge in [-0.25, -0.2) is 0 Å². The lowest BCUT2D eigenvalue weighted by Gasteiger charge is -2.22. The summed E-state index contributed by atoms with van der Waals surface area (Å²) < 4.78 is 0. The summed E-state index contributed by atoms with van der Waals surface area (Å²) in [6.07, 6.45) is 1.73. The lowest BCUT2D eigenvalue weighted by Crippen LogP contribution is -2.39. The molecule has 26 heavy (non-hydrogen) atoms. The number of rotatable bonds is 0. The highest BCUT2D eigenvalue weighted by Gasteiger charge is 2.23. The van der Waals surface area contributed by atoms with E-state index in [0.29, 0.717) is 15.6 Å². The fourth-order valence-electron chi connectivity index (χ4n) is 3.31. The van der Waals surface area contributed by atoms with Crippen LogP contribution >= 0.6 is 23.2 Å². The zero-order chi connectivity index (χ0) is 18.8. The number of benzene rings is 2. The molecule has 4 rings (SSSR count). The van der Waals surface area contributed by atoms with Crippen LogP contribution in [-0.2, 0) is 12.8 Å². The lowest BCUT2D eigenvalue weighted by atomic mass is 9.96. The summed E-state index contributed by atoms with van der Waals surface area (Å²) in [5.74, 6) is -0.0511. The molecular weight excluding hydrogens is 371 g/mol. The van der Waals surface area contributed by atoms with E-state index in [4.69, 9.17) is 23.2 Å². The summed E-state index contributed by atoms with van der Waals surface area (Å²) in [6.45, 7) is 3.98. The molecule has 0 saturated carbocycles. The Balaban J connectivity index is 0.000000151.